The summed E-state index contributed by atoms with van der Waals surface area (Å²) in [4.78, 5) is 31.6. The lowest BCUT2D eigenvalue weighted by Gasteiger charge is -2.30. The Hall–Kier alpha value is -1.82. The van der Waals surface area contributed by atoms with Crippen molar-refractivity contribution >= 4 is 28.6 Å². The molecule has 0 saturated heterocycles. The molecule has 1 heterocycles. The van der Waals surface area contributed by atoms with Gasteiger partial charge >= 0.3 is 0 Å². The van der Waals surface area contributed by atoms with Crippen molar-refractivity contribution < 1.29 is 4.79 Å². The molecule has 1 amide bonds. The molecular formula is C18H25N3O2S. The number of amides is 1. The molecule has 2 aromatic rings. The predicted octanol–water partition coefficient (Wildman–Crippen LogP) is 3.15. The van der Waals surface area contributed by atoms with Gasteiger partial charge in [-0.15, -0.1) is 0 Å². The third-order valence-corrected chi connectivity index (χ3v) is 4.83. The average Bonchev–Trinajstić information content (AvgIpc) is 2.52. The lowest BCUT2D eigenvalue weighted by atomic mass is 10.2. The Labute approximate surface area is 147 Å². The van der Waals surface area contributed by atoms with Crippen LogP contribution >= 0.6 is 11.8 Å². The fourth-order valence-electron chi connectivity index (χ4n) is 2.91. The van der Waals surface area contributed by atoms with Crippen LogP contribution in [0.5, 0.6) is 0 Å². The molecule has 130 valence electrons. The Bertz CT molecular complexity index is 775. The fraction of sp³-hybridized carbons (Fsp3) is 0.500. The van der Waals surface area contributed by atoms with E-state index in [1.807, 2.05) is 57.7 Å². The van der Waals surface area contributed by atoms with Crippen molar-refractivity contribution in [3.8, 4) is 0 Å². The minimum Gasteiger partial charge on any atom is -0.337 e. The van der Waals surface area contributed by atoms with Gasteiger partial charge in [0.05, 0.1) is 16.7 Å². The molecule has 0 fully saturated rings. The first kappa shape index (κ1) is 18.5. The summed E-state index contributed by atoms with van der Waals surface area (Å²) in [5, 5.41) is 1.21. The summed E-state index contributed by atoms with van der Waals surface area (Å²) < 4.78 is 1.63. The van der Waals surface area contributed by atoms with Crippen LogP contribution in [-0.4, -0.2) is 38.2 Å². The zero-order chi connectivity index (χ0) is 17.9. The van der Waals surface area contributed by atoms with E-state index in [4.69, 9.17) is 0 Å². The quantitative estimate of drug-likeness (QED) is 0.595. The first-order valence-electron chi connectivity index (χ1n) is 8.30. The first-order valence-corrected chi connectivity index (χ1v) is 9.28. The molecular weight excluding hydrogens is 322 g/mol. The number of hydrogen-bond donors (Lipinski definition) is 0. The number of rotatable bonds is 6. The molecule has 0 bridgehead atoms. The van der Waals surface area contributed by atoms with Crippen LogP contribution in [0.2, 0.25) is 0 Å². The standard InChI is InChI=1S/C18H25N3O2S/c1-6-20-17(23)14-9-7-8-10-15(14)19-18(20)24-11-16(22)21(12(2)3)13(4)5/h7-10,12-13H,6,11H2,1-5H3. The van der Waals surface area contributed by atoms with E-state index in [9.17, 15) is 9.59 Å². The number of hydrogen-bond acceptors (Lipinski definition) is 4. The van der Waals surface area contributed by atoms with E-state index in [1.54, 1.807) is 10.6 Å². The van der Waals surface area contributed by atoms with Crippen LogP contribution in [0.3, 0.4) is 0 Å². The smallest absolute Gasteiger partial charge is 0.262 e. The van der Waals surface area contributed by atoms with Crippen molar-refractivity contribution in [3.63, 3.8) is 0 Å². The van der Waals surface area contributed by atoms with Crippen molar-refractivity contribution in [2.45, 2.75) is 58.4 Å². The third-order valence-electron chi connectivity index (χ3n) is 3.87. The normalized spacial score (nSPS) is 11.5. The highest BCUT2D eigenvalue weighted by molar-refractivity contribution is 7.99. The largest absolute Gasteiger partial charge is 0.337 e. The van der Waals surface area contributed by atoms with Gasteiger partial charge in [0.2, 0.25) is 5.91 Å². The third kappa shape index (κ3) is 3.80. The molecule has 0 aliphatic rings. The molecule has 0 N–H and O–H groups in total. The van der Waals surface area contributed by atoms with E-state index in [2.05, 4.69) is 4.98 Å². The Kier molecular flexibility index (Phi) is 6.04. The Morgan fingerprint density at radius 3 is 2.42 bits per heavy atom. The van der Waals surface area contributed by atoms with Gasteiger partial charge in [-0.3, -0.25) is 14.2 Å². The SMILES string of the molecule is CCn1c(SCC(=O)N(C(C)C)C(C)C)nc2ccccc2c1=O. The van der Waals surface area contributed by atoms with Gasteiger partial charge in [-0.25, -0.2) is 4.98 Å². The van der Waals surface area contributed by atoms with Crippen molar-refractivity contribution in [2.75, 3.05) is 5.75 Å². The molecule has 6 heteroatoms. The van der Waals surface area contributed by atoms with Crippen LogP contribution < -0.4 is 5.56 Å². The zero-order valence-electron chi connectivity index (χ0n) is 14.9. The second-order valence-electron chi connectivity index (χ2n) is 6.24. The Balaban J connectivity index is 2.30. The van der Waals surface area contributed by atoms with E-state index in [0.717, 1.165) is 0 Å². The van der Waals surface area contributed by atoms with Gasteiger partial charge in [0.25, 0.3) is 5.56 Å². The number of fused-ring (bicyclic) bond motifs is 1. The molecule has 0 atom stereocenters. The fourth-order valence-corrected chi connectivity index (χ4v) is 3.84. The monoisotopic (exact) mass is 347 g/mol. The number of carbonyl (C=O) groups excluding carboxylic acids is 1. The lowest BCUT2D eigenvalue weighted by Crippen LogP contribution is -2.43. The lowest BCUT2D eigenvalue weighted by molar-refractivity contribution is -0.131. The Morgan fingerprint density at radius 2 is 1.83 bits per heavy atom. The first-order chi connectivity index (χ1) is 11.4. The highest BCUT2D eigenvalue weighted by Gasteiger charge is 2.21. The minimum absolute atomic E-state index is 0.0531. The summed E-state index contributed by atoms with van der Waals surface area (Å²) in [5.41, 5.74) is 0.620. The minimum atomic E-state index is -0.0531. The van der Waals surface area contributed by atoms with Gasteiger partial charge in [-0.1, -0.05) is 23.9 Å². The maximum absolute atomic E-state index is 12.6. The van der Waals surface area contributed by atoms with Crippen LogP contribution in [-0.2, 0) is 11.3 Å². The van der Waals surface area contributed by atoms with Crippen LogP contribution in [0.25, 0.3) is 10.9 Å². The van der Waals surface area contributed by atoms with Crippen LogP contribution in [0.1, 0.15) is 34.6 Å². The van der Waals surface area contributed by atoms with E-state index in [0.29, 0.717) is 22.6 Å². The van der Waals surface area contributed by atoms with Crippen LogP contribution in [0.4, 0.5) is 0 Å². The summed E-state index contributed by atoms with van der Waals surface area (Å²) in [7, 11) is 0. The molecule has 1 aromatic heterocycles. The average molecular weight is 347 g/mol. The number of aromatic nitrogens is 2. The Morgan fingerprint density at radius 1 is 1.21 bits per heavy atom. The number of benzene rings is 1. The van der Waals surface area contributed by atoms with E-state index in [1.165, 1.54) is 11.8 Å². The predicted molar refractivity (Wildman–Crippen MR) is 99.5 cm³/mol. The zero-order valence-corrected chi connectivity index (χ0v) is 15.8. The molecule has 1 aromatic carbocycles. The van der Waals surface area contributed by atoms with Gasteiger partial charge in [-0.05, 0) is 46.8 Å². The van der Waals surface area contributed by atoms with Gasteiger partial charge < -0.3 is 4.90 Å². The summed E-state index contributed by atoms with van der Waals surface area (Å²) in [6, 6.07) is 7.62. The molecule has 24 heavy (non-hydrogen) atoms. The van der Waals surface area contributed by atoms with Crippen molar-refractivity contribution in [3.05, 3.63) is 34.6 Å². The van der Waals surface area contributed by atoms with E-state index in [-0.39, 0.29) is 29.3 Å². The molecule has 0 aliphatic carbocycles. The maximum atomic E-state index is 12.6. The van der Waals surface area contributed by atoms with Crippen LogP contribution in [0.15, 0.2) is 34.2 Å². The van der Waals surface area contributed by atoms with E-state index >= 15 is 0 Å². The highest BCUT2D eigenvalue weighted by atomic mass is 32.2. The van der Waals surface area contributed by atoms with Crippen molar-refractivity contribution in [1.29, 1.82) is 0 Å². The number of thioether (sulfide) groups is 1. The van der Waals surface area contributed by atoms with Gasteiger partial charge in [0.15, 0.2) is 5.16 Å². The van der Waals surface area contributed by atoms with Gasteiger partial charge in [0.1, 0.15) is 0 Å². The topological polar surface area (TPSA) is 55.2 Å². The molecule has 0 unspecified atom stereocenters. The van der Waals surface area contributed by atoms with Crippen molar-refractivity contribution in [1.82, 2.24) is 14.5 Å². The van der Waals surface area contributed by atoms with Crippen LogP contribution in [0, 0.1) is 0 Å². The molecule has 5 nitrogen and oxygen atoms in total. The molecule has 0 radical (unpaired) electrons. The van der Waals surface area contributed by atoms with Gasteiger partial charge in [0, 0.05) is 18.6 Å². The summed E-state index contributed by atoms with van der Waals surface area (Å²) in [5.74, 6) is 0.344. The van der Waals surface area contributed by atoms with E-state index < -0.39 is 0 Å². The summed E-state index contributed by atoms with van der Waals surface area (Å²) in [6.07, 6.45) is 0. The van der Waals surface area contributed by atoms with Crippen molar-refractivity contribution in [2.24, 2.45) is 0 Å². The number of para-hydroxylation sites is 1. The summed E-state index contributed by atoms with van der Waals surface area (Å²) >= 11 is 1.33. The molecule has 0 saturated carbocycles. The number of carbonyl (C=O) groups is 1. The van der Waals surface area contributed by atoms with Gasteiger partial charge in [-0.2, -0.15) is 0 Å². The second kappa shape index (κ2) is 7.83. The molecule has 0 aliphatic heterocycles. The summed E-state index contributed by atoms with van der Waals surface area (Å²) in [6.45, 7) is 10.5. The second-order valence-corrected chi connectivity index (χ2v) is 7.18. The molecule has 0 spiro atoms. The molecule has 2 rings (SSSR count). The number of nitrogens with zero attached hydrogens (tertiary/aromatic N) is 3. The highest BCUT2D eigenvalue weighted by Crippen LogP contribution is 2.19. The maximum Gasteiger partial charge on any atom is 0.262 e.